The van der Waals surface area contributed by atoms with Gasteiger partial charge in [-0.05, 0) is 48.9 Å². The summed E-state index contributed by atoms with van der Waals surface area (Å²) in [6, 6.07) is 14.1. The van der Waals surface area contributed by atoms with E-state index in [1.807, 2.05) is 55.5 Å². The number of fused-ring (bicyclic) bond motifs is 1. The first-order valence-electron chi connectivity index (χ1n) is 8.01. The van der Waals surface area contributed by atoms with E-state index in [-0.39, 0.29) is 29.6 Å². The van der Waals surface area contributed by atoms with Crippen molar-refractivity contribution < 1.29 is 13.2 Å². The lowest BCUT2D eigenvalue weighted by atomic mass is 10.1. The van der Waals surface area contributed by atoms with Crippen LogP contribution < -0.4 is 9.80 Å². The van der Waals surface area contributed by atoms with Crippen molar-refractivity contribution in [3.63, 3.8) is 0 Å². The standard InChI is InChI=1S/C18H17BrN2O3S/c1-12-3-2-4-15(9-12)21-17-11-25(23,24)10-16(17)20(18(21)22)14-7-5-13(19)6-8-14/h2-9,16-17H,10-11H2,1H3. The summed E-state index contributed by atoms with van der Waals surface area (Å²) in [7, 11) is -3.17. The Morgan fingerprint density at radius 2 is 1.56 bits per heavy atom. The van der Waals surface area contributed by atoms with Gasteiger partial charge in [0.1, 0.15) is 0 Å². The Morgan fingerprint density at radius 1 is 0.960 bits per heavy atom. The Labute approximate surface area is 155 Å². The lowest BCUT2D eigenvalue weighted by Crippen LogP contribution is -2.37. The normalized spacial score (nSPS) is 24.6. The van der Waals surface area contributed by atoms with E-state index in [1.165, 1.54) is 0 Å². The van der Waals surface area contributed by atoms with E-state index >= 15 is 0 Å². The van der Waals surface area contributed by atoms with Gasteiger partial charge in [0, 0.05) is 15.8 Å². The predicted molar refractivity (Wildman–Crippen MR) is 102 cm³/mol. The first kappa shape index (κ1) is 16.6. The fourth-order valence-corrected chi connectivity index (χ4v) is 5.87. The number of carbonyl (C=O) groups is 1. The molecule has 2 aromatic carbocycles. The molecule has 4 rings (SSSR count). The minimum atomic E-state index is -3.17. The number of urea groups is 1. The molecule has 2 fully saturated rings. The molecule has 130 valence electrons. The molecule has 0 bridgehead atoms. The smallest absolute Gasteiger partial charge is 0.288 e. The van der Waals surface area contributed by atoms with Crippen molar-refractivity contribution in [2.75, 3.05) is 21.3 Å². The van der Waals surface area contributed by atoms with Gasteiger partial charge in [-0.1, -0.05) is 28.1 Å². The highest BCUT2D eigenvalue weighted by Crippen LogP contribution is 2.38. The lowest BCUT2D eigenvalue weighted by Gasteiger charge is -2.23. The fraction of sp³-hybridized carbons (Fsp3) is 0.278. The predicted octanol–water partition coefficient (Wildman–Crippen LogP) is 3.37. The molecule has 7 heteroatoms. The minimum absolute atomic E-state index is 0.00177. The van der Waals surface area contributed by atoms with E-state index in [1.54, 1.807) is 9.80 Å². The molecule has 5 nitrogen and oxygen atoms in total. The highest BCUT2D eigenvalue weighted by Gasteiger charge is 2.54. The van der Waals surface area contributed by atoms with E-state index in [2.05, 4.69) is 15.9 Å². The quantitative estimate of drug-likeness (QED) is 0.699. The molecule has 2 saturated heterocycles. The van der Waals surface area contributed by atoms with E-state index in [0.29, 0.717) is 0 Å². The van der Waals surface area contributed by atoms with Crippen molar-refractivity contribution in [1.82, 2.24) is 0 Å². The van der Waals surface area contributed by atoms with Gasteiger partial charge in [-0.2, -0.15) is 0 Å². The molecule has 2 aliphatic rings. The summed E-state index contributed by atoms with van der Waals surface area (Å²) in [4.78, 5) is 16.4. The number of aryl methyl sites for hydroxylation is 1. The van der Waals surface area contributed by atoms with Crippen molar-refractivity contribution in [1.29, 1.82) is 0 Å². The number of rotatable bonds is 2. The highest BCUT2D eigenvalue weighted by atomic mass is 79.9. The number of nitrogens with zero attached hydrogens (tertiary/aromatic N) is 2. The maximum absolute atomic E-state index is 13.2. The van der Waals surface area contributed by atoms with Crippen molar-refractivity contribution in [3.8, 4) is 0 Å². The molecule has 2 unspecified atom stereocenters. The molecule has 2 heterocycles. The lowest BCUT2D eigenvalue weighted by molar-refractivity contribution is 0.255. The SMILES string of the molecule is Cc1cccc(N2C(=O)N(c3ccc(Br)cc3)C3CS(=O)(=O)CC32)c1. The van der Waals surface area contributed by atoms with Crippen LogP contribution in [0.4, 0.5) is 16.2 Å². The molecule has 0 N–H and O–H groups in total. The summed E-state index contributed by atoms with van der Waals surface area (Å²) >= 11 is 3.39. The maximum atomic E-state index is 13.2. The first-order chi connectivity index (χ1) is 11.9. The number of carbonyl (C=O) groups excluding carboxylic acids is 1. The molecule has 2 atom stereocenters. The maximum Gasteiger partial charge on any atom is 0.329 e. The number of amides is 2. The van der Waals surface area contributed by atoms with Crippen LogP contribution in [0.1, 0.15) is 5.56 Å². The second kappa shape index (κ2) is 5.85. The van der Waals surface area contributed by atoms with Crippen LogP contribution in [0.2, 0.25) is 0 Å². The topological polar surface area (TPSA) is 57.7 Å². The molecular weight excluding hydrogens is 404 g/mol. The van der Waals surface area contributed by atoms with Gasteiger partial charge in [0.05, 0.1) is 23.6 Å². The van der Waals surface area contributed by atoms with Gasteiger partial charge in [-0.3, -0.25) is 9.80 Å². The summed E-state index contributed by atoms with van der Waals surface area (Å²) in [6.45, 7) is 1.96. The molecule has 2 aromatic rings. The number of benzene rings is 2. The second-order valence-corrected chi connectivity index (χ2v) is 9.62. The monoisotopic (exact) mass is 420 g/mol. The first-order valence-corrected chi connectivity index (χ1v) is 10.6. The fourth-order valence-electron chi connectivity index (χ4n) is 3.69. The molecule has 0 spiro atoms. The molecular formula is C18H17BrN2O3S. The Balaban J connectivity index is 1.81. The molecule has 0 radical (unpaired) electrons. The van der Waals surface area contributed by atoms with Crippen LogP contribution in [-0.4, -0.2) is 38.0 Å². The van der Waals surface area contributed by atoms with Crippen molar-refractivity contribution in [3.05, 3.63) is 58.6 Å². The largest absolute Gasteiger partial charge is 0.329 e. The Morgan fingerprint density at radius 3 is 2.16 bits per heavy atom. The van der Waals surface area contributed by atoms with E-state index in [9.17, 15) is 13.2 Å². The summed E-state index contributed by atoms with van der Waals surface area (Å²) in [5.74, 6) is 0.00611. The van der Waals surface area contributed by atoms with Gasteiger partial charge in [0.2, 0.25) is 0 Å². The molecule has 0 saturated carbocycles. The molecule has 2 amide bonds. The summed E-state index contributed by atoms with van der Waals surface area (Å²) in [5, 5.41) is 0. The van der Waals surface area contributed by atoms with Crippen LogP contribution in [0.5, 0.6) is 0 Å². The number of anilines is 2. The summed E-state index contributed by atoms with van der Waals surface area (Å²) < 4.78 is 25.4. The van der Waals surface area contributed by atoms with Gasteiger partial charge < -0.3 is 0 Å². The number of halogens is 1. The van der Waals surface area contributed by atoms with Crippen LogP contribution in [0, 0.1) is 6.92 Å². The third-order valence-electron chi connectivity index (χ3n) is 4.75. The zero-order chi connectivity index (χ0) is 17.8. The molecule has 0 aliphatic carbocycles. The second-order valence-electron chi connectivity index (χ2n) is 6.55. The van der Waals surface area contributed by atoms with Crippen LogP contribution >= 0.6 is 15.9 Å². The third kappa shape index (κ3) is 2.85. The number of sulfone groups is 1. The van der Waals surface area contributed by atoms with Crippen molar-refractivity contribution in [2.24, 2.45) is 0 Å². The molecule has 25 heavy (non-hydrogen) atoms. The molecule has 0 aromatic heterocycles. The Hall–Kier alpha value is -1.86. The van der Waals surface area contributed by atoms with Crippen LogP contribution in [0.3, 0.4) is 0 Å². The van der Waals surface area contributed by atoms with Crippen molar-refractivity contribution in [2.45, 2.75) is 19.0 Å². The van der Waals surface area contributed by atoms with Crippen molar-refractivity contribution >= 4 is 43.2 Å². The number of hydrogen-bond acceptors (Lipinski definition) is 3. The average molecular weight is 421 g/mol. The summed E-state index contributed by atoms with van der Waals surface area (Å²) in [6.07, 6.45) is 0. The Kier molecular flexibility index (Phi) is 3.88. The van der Waals surface area contributed by atoms with Gasteiger partial charge in [-0.15, -0.1) is 0 Å². The van der Waals surface area contributed by atoms with Crippen LogP contribution in [0.25, 0.3) is 0 Å². The average Bonchev–Trinajstić information content (AvgIpc) is 2.97. The van der Waals surface area contributed by atoms with Gasteiger partial charge in [0.25, 0.3) is 0 Å². The third-order valence-corrected chi connectivity index (χ3v) is 6.98. The van der Waals surface area contributed by atoms with E-state index < -0.39 is 9.84 Å². The van der Waals surface area contributed by atoms with Crippen LogP contribution in [-0.2, 0) is 9.84 Å². The van der Waals surface area contributed by atoms with Crippen LogP contribution in [0.15, 0.2) is 53.0 Å². The summed E-state index contributed by atoms with van der Waals surface area (Å²) in [5.41, 5.74) is 2.50. The zero-order valence-electron chi connectivity index (χ0n) is 13.6. The number of hydrogen-bond donors (Lipinski definition) is 0. The minimum Gasteiger partial charge on any atom is -0.288 e. The van der Waals surface area contributed by atoms with E-state index in [0.717, 1.165) is 21.4 Å². The highest BCUT2D eigenvalue weighted by molar-refractivity contribution is 9.10. The zero-order valence-corrected chi connectivity index (χ0v) is 16.0. The van der Waals surface area contributed by atoms with Gasteiger partial charge >= 0.3 is 6.03 Å². The van der Waals surface area contributed by atoms with Gasteiger partial charge in [0.15, 0.2) is 9.84 Å². The Bertz CT molecular complexity index is 943. The van der Waals surface area contributed by atoms with E-state index in [4.69, 9.17) is 0 Å². The molecule has 2 aliphatic heterocycles. The van der Waals surface area contributed by atoms with Gasteiger partial charge in [-0.25, -0.2) is 13.2 Å².